The Morgan fingerprint density at radius 2 is 1.69 bits per heavy atom. The first kappa shape index (κ1) is 31.6. The number of nitrogens with zero attached hydrogens (tertiary/aromatic N) is 4. The molecule has 11 nitrogen and oxygen atoms in total. The number of hydrogen-bond acceptors (Lipinski definition) is 9. The fraction of sp³-hybridized carbons (Fsp3) is 0.405. The van der Waals surface area contributed by atoms with E-state index in [1.54, 1.807) is 42.1 Å². The highest BCUT2D eigenvalue weighted by Gasteiger charge is 2.46. The van der Waals surface area contributed by atoms with Crippen molar-refractivity contribution in [2.45, 2.75) is 44.8 Å². The summed E-state index contributed by atoms with van der Waals surface area (Å²) in [6, 6.07) is 11.4. The van der Waals surface area contributed by atoms with Crippen molar-refractivity contribution in [3.05, 3.63) is 75.0 Å². The van der Waals surface area contributed by atoms with Crippen LogP contribution in [0, 0.1) is 5.41 Å². The van der Waals surface area contributed by atoms with Gasteiger partial charge in [-0.25, -0.2) is 0 Å². The van der Waals surface area contributed by atoms with E-state index in [1.165, 1.54) is 0 Å². The number of pyridine rings is 1. The molecule has 0 radical (unpaired) electrons. The fourth-order valence-electron chi connectivity index (χ4n) is 8.12. The molecule has 1 spiro atoms. The maximum absolute atomic E-state index is 13.1. The zero-order valence-corrected chi connectivity index (χ0v) is 28.7. The Balaban J connectivity index is 0.923. The molecule has 4 aliphatic heterocycles. The predicted octanol–water partition coefficient (Wildman–Crippen LogP) is 4.15. The summed E-state index contributed by atoms with van der Waals surface area (Å²) in [6.07, 6.45) is 4.68. The third-order valence-electron chi connectivity index (χ3n) is 10.9. The number of amides is 3. The maximum Gasteiger partial charge on any atom is 0.259 e. The number of piperidine rings is 2. The summed E-state index contributed by atoms with van der Waals surface area (Å²) in [4.78, 5) is 56.3. The third kappa shape index (κ3) is 5.37. The summed E-state index contributed by atoms with van der Waals surface area (Å²) < 4.78 is 14.4. The lowest BCUT2D eigenvalue weighted by Crippen LogP contribution is -2.60. The number of nitrogens with one attached hydrogen (secondary N) is 1. The van der Waals surface area contributed by atoms with Crippen molar-refractivity contribution < 1.29 is 23.9 Å². The highest BCUT2D eigenvalue weighted by Crippen LogP contribution is 2.45. The van der Waals surface area contributed by atoms with Crippen LogP contribution in [0.3, 0.4) is 0 Å². The van der Waals surface area contributed by atoms with E-state index >= 15 is 0 Å². The number of methoxy groups -OCH3 is 2. The van der Waals surface area contributed by atoms with Crippen molar-refractivity contribution in [1.29, 1.82) is 0 Å². The third-order valence-corrected chi connectivity index (χ3v) is 11.9. The summed E-state index contributed by atoms with van der Waals surface area (Å²) in [6.45, 7) is 5.00. The SMILES string of the molecule is COc1cc(-c2cn(C)c(=O)c3ccsc23)cc(OC)c1CN1CCC2(CC1)CN(c1ccc3c(c1)CN(C1CCC(=O)NC1=O)C3=O)C2. The Hall–Kier alpha value is -4.68. The van der Waals surface area contributed by atoms with E-state index in [2.05, 4.69) is 33.3 Å². The molecule has 2 aromatic heterocycles. The van der Waals surface area contributed by atoms with Gasteiger partial charge in [0.05, 0.1) is 25.2 Å². The topological polar surface area (TPSA) is 113 Å². The zero-order chi connectivity index (χ0) is 34.0. The summed E-state index contributed by atoms with van der Waals surface area (Å²) >= 11 is 1.56. The molecule has 8 rings (SSSR count). The molecular formula is C37H39N5O6S. The Bertz CT molecular complexity index is 2050. The van der Waals surface area contributed by atoms with Crippen molar-refractivity contribution in [2.75, 3.05) is 45.3 Å². The van der Waals surface area contributed by atoms with Gasteiger partial charge in [0.25, 0.3) is 11.5 Å². The van der Waals surface area contributed by atoms with Crippen LogP contribution in [-0.2, 0) is 29.7 Å². The molecule has 1 N–H and O–H groups in total. The van der Waals surface area contributed by atoms with Gasteiger partial charge in [-0.15, -0.1) is 11.3 Å². The molecule has 4 aliphatic rings. The molecule has 6 heterocycles. The van der Waals surface area contributed by atoms with Gasteiger partial charge in [-0.1, -0.05) is 0 Å². The Morgan fingerprint density at radius 3 is 2.39 bits per heavy atom. The minimum Gasteiger partial charge on any atom is -0.496 e. The highest BCUT2D eigenvalue weighted by molar-refractivity contribution is 7.17. The highest BCUT2D eigenvalue weighted by atomic mass is 32.1. The molecule has 254 valence electrons. The molecule has 3 saturated heterocycles. The van der Waals surface area contributed by atoms with Crippen LogP contribution in [0.25, 0.3) is 21.2 Å². The van der Waals surface area contributed by atoms with Gasteiger partial charge in [-0.3, -0.25) is 29.4 Å². The fourth-order valence-corrected chi connectivity index (χ4v) is 9.04. The van der Waals surface area contributed by atoms with Crippen LogP contribution in [0.5, 0.6) is 11.5 Å². The number of imide groups is 1. The van der Waals surface area contributed by atoms with Gasteiger partial charge in [0.15, 0.2) is 0 Å². The first-order valence-corrected chi connectivity index (χ1v) is 17.6. The van der Waals surface area contributed by atoms with Crippen LogP contribution in [-0.4, -0.2) is 78.5 Å². The molecule has 12 heteroatoms. The standard InChI is InChI=1S/C37H39N5O6S/c1-39-18-27(33-26(35(39)45)8-13-49-33)22-15-30(47-2)28(31(16-22)48-3)19-40-11-9-37(10-12-40)20-41(21-37)24-4-5-25-23(14-24)17-42(36(25)46)29-6-7-32(43)38-34(29)44/h4-5,8,13-16,18,29H,6-7,9-12,17,19-21H2,1-3H3,(H,38,43,44). The summed E-state index contributed by atoms with van der Waals surface area (Å²) in [5, 5.41) is 5.04. The van der Waals surface area contributed by atoms with Gasteiger partial charge in [0.2, 0.25) is 11.8 Å². The molecule has 49 heavy (non-hydrogen) atoms. The van der Waals surface area contributed by atoms with E-state index < -0.39 is 6.04 Å². The van der Waals surface area contributed by atoms with Crippen molar-refractivity contribution in [3.63, 3.8) is 0 Å². The Kier molecular flexibility index (Phi) is 7.75. The van der Waals surface area contributed by atoms with Crippen molar-refractivity contribution in [3.8, 4) is 22.6 Å². The van der Waals surface area contributed by atoms with Crippen LogP contribution < -0.4 is 25.2 Å². The number of anilines is 1. The second kappa shape index (κ2) is 12.0. The number of rotatable bonds is 7. The van der Waals surface area contributed by atoms with Crippen molar-refractivity contribution in [2.24, 2.45) is 12.5 Å². The molecule has 0 bridgehead atoms. The smallest absolute Gasteiger partial charge is 0.259 e. The van der Waals surface area contributed by atoms with Gasteiger partial charge in [-0.05, 0) is 85.3 Å². The number of thiophene rings is 1. The van der Waals surface area contributed by atoms with E-state index in [9.17, 15) is 19.2 Å². The molecule has 0 aliphatic carbocycles. The van der Waals surface area contributed by atoms with Gasteiger partial charge < -0.3 is 23.8 Å². The Morgan fingerprint density at radius 1 is 0.959 bits per heavy atom. The maximum atomic E-state index is 13.1. The average molecular weight is 682 g/mol. The minimum absolute atomic E-state index is 0.00450. The van der Waals surface area contributed by atoms with E-state index in [0.717, 1.165) is 89.7 Å². The van der Waals surface area contributed by atoms with Crippen molar-refractivity contribution in [1.82, 2.24) is 19.7 Å². The van der Waals surface area contributed by atoms with E-state index in [-0.39, 0.29) is 35.1 Å². The van der Waals surface area contributed by atoms with E-state index in [4.69, 9.17) is 9.47 Å². The Labute approximate surface area is 288 Å². The number of ether oxygens (including phenoxy) is 2. The second-order valence-electron chi connectivity index (χ2n) is 13.9. The zero-order valence-electron chi connectivity index (χ0n) is 27.9. The van der Waals surface area contributed by atoms with Crippen LogP contribution >= 0.6 is 11.3 Å². The quantitative estimate of drug-likeness (QED) is 0.290. The number of aryl methyl sites for hydroxylation is 1. The molecule has 2 aromatic carbocycles. The monoisotopic (exact) mass is 681 g/mol. The lowest BCUT2D eigenvalue weighted by Gasteiger charge is -2.55. The molecular weight excluding hydrogens is 643 g/mol. The van der Waals surface area contributed by atoms with Gasteiger partial charge >= 0.3 is 0 Å². The first-order valence-electron chi connectivity index (χ1n) is 16.7. The number of carbonyl (C=O) groups excluding carboxylic acids is 3. The number of aromatic nitrogens is 1. The number of carbonyl (C=O) groups is 3. The molecule has 0 saturated carbocycles. The van der Waals surface area contributed by atoms with Crippen LogP contribution in [0.15, 0.2) is 52.8 Å². The van der Waals surface area contributed by atoms with E-state index in [1.807, 2.05) is 29.8 Å². The van der Waals surface area contributed by atoms with Gasteiger partial charge in [0, 0.05) is 72.8 Å². The molecule has 1 atom stereocenters. The number of likely N-dealkylation sites (tertiary alicyclic amines) is 1. The predicted molar refractivity (Wildman–Crippen MR) is 187 cm³/mol. The summed E-state index contributed by atoms with van der Waals surface area (Å²) in [5.41, 5.74) is 5.90. The van der Waals surface area contributed by atoms with Crippen LogP contribution in [0.1, 0.15) is 47.2 Å². The second-order valence-corrected chi connectivity index (χ2v) is 14.8. The largest absolute Gasteiger partial charge is 0.496 e. The molecule has 4 aromatic rings. The summed E-state index contributed by atoms with van der Waals surface area (Å²) in [5.74, 6) is 0.739. The van der Waals surface area contributed by atoms with Gasteiger partial charge in [0.1, 0.15) is 17.5 Å². The lowest BCUT2D eigenvalue weighted by atomic mass is 9.71. The van der Waals surface area contributed by atoms with Gasteiger partial charge in [-0.2, -0.15) is 0 Å². The lowest BCUT2D eigenvalue weighted by molar-refractivity contribution is -0.136. The van der Waals surface area contributed by atoms with Crippen molar-refractivity contribution >= 4 is 44.8 Å². The van der Waals surface area contributed by atoms with Crippen LogP contribution in [0.4, 0.5) is 5.69 Å². The molecule has 1 unspecified atom stereocenters. The molecule has 3 amide bonds. The summed E-state index contributed by atoms with van der Waals surface area (Å²) in [7, 11) is 5.17. The number of fused-ring (bicyclic) bond motifs is 2. The first-order chi connectivity index (χ1) is 23.7. The van der Waals surface area contributed by atoms with E-state index in [0.29, 0.717) is 23.9 Å². The number of benzene rings is 2. The molecule has 3 fully saturated rings. The van der Waals surface area contributed by atoms with Crippen LogP contribution in [0.2, 0.25) is 0 Å². The normalized spacial score (nSPS) is 20.5. The minimum atomic E-state index is -0.603. The number of hydrogen-bond donors (Lipinski definition) is 1. The average Bonchev–Trinajstić information content (AvgIpc) is 3.71.